The van der Waals surface area contributed by atoms with Gasteiger partial charge in [0.15, 0.2) is 0 Å². The summed E-state index contributed by atoms with van der Waals surface area (Å²) in [6.07, 6.45) is 3.76. The lowest BCUT2D eigenvalue weighted by Crippen LogP contribution is -2.40. The first-order valence-corrected chi connectivity index (χ1v) is 7.26. The third kappa shape index (κ3) is 4.81. The van der Waals surface area contributed by atoms with Crippen LogP contribution in [-0.4, -0.2) is 6.04 Å². The van der Waals surface area contributed by atoms with E-state index >= 15 is 0 Å². The van der Waals surface area contributed by atoms with Crippen LogP contribution in [0.4, 0.5) is 0 Å². The zero-order valence-corrected chi connectivity index (χ0v) is 12.7. The molecule has 0 radical (unpaired) electrons. The molecule has 0 aromatic heterocycles. The molecule has 0 aliphatic heterocycles. The van der Waals surface area contributed by atoms with E-state index in [2.05, 4.69) is 70.3 Å². The van der Waals surface area contributed by atoms with Gasteiger partial charge in [0.25, 0.3) is 0 Å². The number of nitrogens with one attached hydrogen (secondary N) is 1. The van der Waals surface area contributed by atoms with Crippen LogP contribution in [0.25, 0.3) is 0 Å². The van der Waals surface area contributed by atoms with Crippen molar-refractivity contribution in [2.45, 2.75) is 66.0 Å². The van der Waals surface area contributed by atoms with Gasteiger partial charge in [0.1, 0.15) is 0 Å². The monoisotopic (exact) mass is 247 g/mol. The fourth-order valence-electron chi connectivity index (χ4n) is 1.99. The summed E-state index contributed by atoms with van der Waals surface area (Å²) in [7, 11) is 0. The predicted octanol–water partition coefficient (Wildman–Crippen LogP) is 4.94. The summed E-state index contributed by atoms with van der Waals surface area (Å²) < 4.78 is 0. The quantitative estimate of drug-likeness (QED) is 0.750. The first-order chi connectivity index (χ1) is 8.45. The lowest BCUT2D eigenvalue weighted by molar-refractivity contribution is 0.257. The maximum absolute atomic E-state index is 3.81. The van der Waals surface area contributed by atoms with Gasteiger partial charge in [0.2, 0.25) is 0 Å². The normalized spacial score (nSPS) is 15.4. The molecule has 1 aromatic carbocycles. The highest BCUT2D eigenvalue weighted by molar-refractivity contribution is 5.19. The molecule has 2 unspecified atom stereocenters. The van der Waals surface area contributed by atoms with Crippen molar-refractivity contribution in [3.8, 4) is 0 Å². The van der Waals surface area contributed by atoms with Crippen molar-refractivity contribution in [3.05, 3.63) is 35.9 Å². The second-order valence-electron chi connectivity index (χ2n) is 6.36. The van der Waals surface area contributed by atoms with Gasteiger partial charge in [-0.3, -0.25) is 0 Å². The topological polar surface area (TPSA) is 12.0 Å². The zero-order valence-electron chi connectivity index (χ0n) is 12.7. The second-order valence-corrected chi connectivity index (χ2v) is 6.36. The highest BCUT2D eigenvalue weighted by Crippen LogP contribution is 2.25. The molecule has 1 heteroatoms. The number of rotatable bonds is 6. The van der Waals surface area contributed by atoms with Crippen LogP contribution in [0.2, 0.25) is 0 Å². The minimum absolute atomic E-state index is 0.305. The van der Waals surface area contributed by atoms with Crippen molar-refractivity contribution in [2.24, 2.45) is 5.41 Å². The van der Waals surface area contributed by atoms with Crippen LogP contribution in [0.5, 0.6) is 0 Å². The van der Waals surface area contributed by atoms with Gasteiger partial charge in [-0.15, -0.1) is 0 Å². The van der Waals surface area contributed by atoms with E-state index in [0.717, 1.165) is 0 Å². The van der Waals surface area contributed by atoms with Gasteiger partial charge < -0.3 is 5.32 Å². The fourth-order valence-corrected chi connectivity index (χ4v) is 1.99. The highest BCUT2D eigenvalue weighted by Gasteiger charge is 2.23. The largest absolute Gasteiger partial charge is 0.307 e. The van der Waals surface area contributed by atoms with Gasteiger partial charge in [-0.2, -0.15) is 0 Å². The smallest absolute Gasteiger partial charge is 0.0322 e. The summed E-state index contributed by atoms with van der Waals surface area (Å²) in [6.45, 7) is 11.4. The van der Waals surface area contributed by atoms with Crippen LogP contribution in [0.15, 0.2) is 30.3 Å². The Morgan fingerprint density at radius 3 is 2.22 bits per heavy atom. The Balaban J connectivity index is 2.73. The average Bonchev–Trinajstić information content (AvgIpc) is 2.34. The van der Waals surface area contributed by atoms with Crippen LogP contribution in [0.3, 0.4) is 0 Å². The van der Waals surface area contributed by atoms with Crippen molar-refractivity contribution < 1.29 is 0 Å². The van der Waals surface area contributed by atoms with Gasteiger partial charge in [-0.1, -0.05) is 70.9 Å². The fraction of sp³-hybridized carbons (Fsp3) is 0.647. The minimum Gasteiger partial charge on any atom is -0.307 e. The van der Waals surface area contributed by atoms with Crippen molar-refractivity contribution >= 4 is 0 Å². The molecule has 0 amide bonds. The maximum Gasteiger partial charge on any atom is 0.0322 e. The average molecular weight is 247 g/mol. The second kappa shape index (κ2) is 6.94. The van der Waals surface area contributed by atoms with Crippen LogP contribution >= 0.6 is 0 Å². The van der Waals surface area contributed by atoms with Crippen molar-refractivity contribution in [1.29, 1.82) is 0 Å². The van der Waals surface area contributed by atoms with Gasteiger partial charge in [-0.25, -0.2) is 0 Å². The number of hydrogen-bond acceptors (Lipinski definition) is 1. The van der Waals surface area contributed by atoms with Gasteiger partial charge in [-0.05, 0) is 24.3 Å². The van der Waals surface area contributed by atoms with Crippen LogP contribution < -0.4 is 5.32 Å². The van der Waals surface area contributed by atoms with E-state index in [9.17, 15) is 0 Å². The molecule has 0 spiro atoms. The lowest BCUT2D eigenvalue weighted by atomic mass is 9.86. The van der Waals surface area contributed by atoms with E-state index in [1.165, 1.54) is 24.8 Å². The van der Waals surface area contributed by atoms with E-state index < -0.39 is 0 Å². The Kier molecular flexibility index (Phi) is 5.87. The SMILES string of the molecule is CCCCC(NC(C)C(C)(C)C)c1ccccc1. The molecule has 2 atom stereocenters. The molecule has 102 valence electrons. The molecular weight excluding hydrogens is 218 g/mol. The molecule has 0 bridgehead atoms. The molecule has 1 nitrogen and oxygen atoms in total. The molecule has 0 fully saturated rings. The molecule has 0 aliphatic carbocycles. The molecule has 0 aliphatic rings. The Hall–Kier alpha value is -0.820. The van der Waals surface area contributed by atoms with Crippen molar-refractivity contribution in [1.82, 2.24) is 5.32 Å². The van der Waals surface area contributed by atoms with E-state index in [4.69, 9.17) is 0 Å². The summed E-state index contributed by atoms with van der Waals surface area (Å²) in [6, 6.07) is 11.8. The molecule has 0 saturated heterocycles. The minimum atomic E-state index is 0.305. The first-order valence-electron chi connectivity index (χ1n) is 7.26. The Labute approximate surface area is 113 Å². The van der Waals surface area contributed by atoms with E-state index in [0.29, 0.717) is 17.5 Å². The molecule has 0 heterocycles. The highest BCUT2D eigenvalue weighted by atomic mass is 15.0. The van der Waals surface area contributed by atoms with Gasteiger partial charge in [0.05, 0.1) is 0 Å². The van der Waals surface area contributed by atoms with E-state index in [-0.39, 0.29) is 0 Å². The summed E-state index contributed by atoms with van der Waals surface area (Å²) in [4.78, 5) is 0. The van der Waals surface area contributed by atoms with E-state index in [1.807, 2.05) is 0 Å². The van der Waals surface area contributed by atoms with Gasteiger partial charge >= 0.3 is 0 Å². The predicted molar refractivity (Wildman–Crippen MR) is 80.8 cm³/mol. The lowest BCUT2D eigenvalue weighted by Gasteiger charge is -2.32. The Morgan fingerprint density at radius 1 is 1.11 bits per heavy atom. The summed E-state index contributed by atoms with van der Waals surface area (Å²) >= 11 is 0. The van der Waals surface area contributed by atoms with Crippen LogP contribution in [0.1, 0.15) is 65.5 Å². The Morgan fingerprint density at radius 2 is 1.72 bits per heavy atom. The summed E-state index contributed by atoms with van der Waals surface area (Å²) in [5.41, 5.74) is 1.72. The summed E-state index contributed by atoms with van der Waals surface area (Å²) in [5.74, 6) is 0. The van der Waals surface area contributed by atoms with Crippen LogP contribution in [0, 0.1) is 5.41 Å². The third-order valence-corrected chi connectivity index (χ3v) is 3.80. The molecule has 1 aromatic rings. The molecule has 1 N–H and O–H groups in total. The summed E-state index contributed by atoms with van der Waals surface area (Å²) in [5, 5.41) is 3.81. The molecule has 0 saturated carbocycles. The Bertz CT molecular complexity index is 323. The van der Waals surface area contributed by atoms with Crippen LogP contribution in [-0.2, 0) is 0 Å². The van der Waals surface area contributed by atoms with Gasteiger partial charge in [0, 0.05) is 12.1 Å². The number of unbranched alkanes of at least 4 members (excludes halogenated alkanes) is 1. The molecule has 18 heavy (non-hydrogen) atoms. The van der Waals surface area contributed by atoms with E-state index in [1.54, 1.807) is 0 Å². The zero-order chi connectivity index (χ0) is 13.6. The third-order valence-electron chi connectivity index (χ3n) is 3.80. The molecule has 1 rings (SSSR count). The van der Waals surface area contributed by atoms with Crippen molar-refractivity contribution in [2.75, 3.05) is 0 Å². The first kappa shape index (κ1) is 15.2. The number of hydrogen-bond donors (Lipinski definition) is 1. The number of benzene rings is 1. The van der Waals surface area contributed by atoms with Crippen molar-refractivity contribution in [3.63, 3.8) is 0 Å². The molecular formula is C17H29N. The maximum atomic E-state index is 3.81. The standard InChI is InChI=1S/C17H29N/c1-6-7-13-16(15-11-9-8-10-12-15)18-14(2)17(3,4)5/h8-12,14,16,18H,6-7,13H2,1-5H3.